The third-order valence-corrected chi connectivity index (χ3v) is 57.5. The summed E-state index contributed by atoms with van der Waals surface area (Å²) in [5, 5.41) is 0. The molecule has 0 amide bonds. The van der Waals surface area contributed by atoms with Crippen LogP contribution in [0.3, 0.4) is 0 Å². The molecule has 0 aromatic heterocycles. The Hall–Kier alpha value is 2.78. The zero-order chi connectivity index (χ0) is 23.7. The Kier molecular flexibility index (Phi) is 13.6. The van der Waals surface area contributed by atoms with Gasteiger partial charge >= 0.3 is 236 Å². The van der Waals surface area contributed by atoms with Gasteiger partial charge < -0.3 is 0 Å². The summed E-state index contributed by atoms with van der Waals surface area (Å²) in [6.07, 6.45) is 27.1. The molecule has 0 unspecified atom stereocenters. The van der Waals surface area contributed by atoms with Crippen LogP contribution in [0.1, 0.15) is 128 Å². The van der Waals surface area contributed by atoms with E-state index < -0.39 is 9.30 Å². The van der Waals surface area contributed by atoms with Gasteiger partial charge in [-0.15, -0.1) is 0 Å². The molecule has 0 heterocycles. The fourth-order valence-corrected chi connectivity index (χ4v) is 67.3. The maximum atomic E-state index is 6.93. The standard InChI is InChI=1S/C24H44O4P2Se4/c31-29(25-21-13-5-1-6-14-21,26-22-15-7-2-8-16-22)33-34-30(32,27-23-17-9-3-10-18-23)28-24-19-11-4-12-20-24/h21-24H,1-20H2. The van der Waals surface area contributed by atoms with E-state index in [2.05, 4.69) is 30.2 Å². The number of hydrogen-bond acceptors (Lipinski definition) is 4. The van der Waals surface area contributed by atoms with Gasteiger partial charge in [0.05, 0.1) is 0 Å². The van der Waals surface area contributed by atoms with Gasteiger partial charge in [0.1, 0.15) is 0 Å². The quantitative estimate of drug-likeness (QED) is 0.162. The molecule has 4 aliphatic carbocycles. The summed E-state index contributed by atoms with van der Waals surface area (Å²) in [6.45, 7) is 0. The molecule has 4 nitrogen and oxygen atoms in total. The molecule has 4 rings (SSSR count). The van der Waals surface area contributed by atoms with Crippen LogP contribution in [0.15, 0.2) is 0 Å². The van der Waals surface area contributed by atoms with Crippen LogP contribution in [0.2, 0.25) is 0 Å². The van der Waals surface area contributed by atoms with E-state index in [0.717, 1.165) is 0 Å². The molecule has 0 spiro atoms. The van der Waals surface area contributed by atoms with Crippen LogP contribution in [0.25, 0.3) is 0 Å². The van der Waals surface area contributed by atoms with E-state index >= 15 is 0 Å². The average Bonchev–Trinajstić information content (AvgIpc) is 2.85. The molecule has 0 aliphatic heterocycles. The van der Waals surface area contributed by atoms with Crippen LogP contribution in [-0.2, 0) is 18.1 Å². The summed E-state index contributed by atoms with van der Waals surface area (Å²) in [5.41, 5.74) is 0. The normalized spacial score (nSPS) is 25.5. The van der Waals surface area contributed by atoms with E-state index in [9.17, 15) is 0 Å². The molecule has 34 heavy (non-hydrogen) atoms. The Labute approximate surface area is 234 Å². The van der Waals surface area contributed by atoms with Gasteiger partial charge in [-0.1, -0.05) is 0 Å². The van der Waals surface area contributed by atoms with Crippen molar-refractivity contribution in [1.82, 2.24) is 0 Å². The maximum absolute atomic E-state index is 6.93. The Balaban J connectivity index is 1.43. The summed E-state index contributed by atoms with van der Waals surface area (Å²) < 4.78 is 23.7. The van der Waals surface area contributed by atoms with Gasteiger partial charge in [0.2, 0.25) is 0 Å². The average molecular weight is 774 g/mol. The summed E-state index contributed by atoms with van der Waals surface area (Å²) >= 11 is 7.66. The van der Waals surface area contributed by atoms with E-state index in [4.69, 9.17) is 18.1 Å². The van der Waals surface area contributed by atoms with Crippen LogP contribution in [-0.4, -0.2) is 80.0 Å². The van der Waals surface area contributed by atoms with E-state index in [1.54, 1.807) is 0 Å². The second-order valence-corrected chi connectivity index (χ2v) is 44.2. The van der Waals surface area contributed by atoms with Crippen LogP contribution in [0, 0.1) is 0 Å². The van der Waals surface area contributed by atoms with Crippen molar-refractivity contribution < 1.29 is 18.1 Å². The van der Waals surface area contributed by atoms with Crippen molar-refractivity contribution in [2.75, 3.05) is 0 Å². The summed E-state index contributed by atoms with van der Waals surface area (Å²) in [4.78, 5) is 0. The van der Waals surface area contributed by atoms with E-state index in [0.29, 0.717) is 24.4 Å². The van der Waals surface area contributed by atoms with Gasteiger partial charge in [-0.2, -0.15) is 0 Å². The second-order valence-electron chi connectivity index (χ2n) is 10.5. The molecule has 4 fully saturated rings. The van der Waals surface area contributed by atoms with Gasteiger partial charge in [0.25, 0.3) is 0 Å². The molecule has 0 saturated heterocycles. The molecule has 198 valence electrons. The van der Waals surface area contributed by atoms with Crippen molar-refractivity contribution in [2.24, 2.45) is 0 Å². The molecule has 4 aliphatic rings. The van der Waals surface area contributed by atoms with Gasteiger partial charge in [-0.25, -0.2) is 0 Å². The van der Waals surface area contributed by atoms with Crippen LogP contribution >= 0.6 is 9.30 Å². The molecule has 0 aromatic carbocycles. The summed E-state index contributed by atoms with van der Waals surface area (Å²) in [7, 11) is 0. The number of rotatable bonds is 11. The minimum absolute atomic E-state index is 0.261. The Morgan fingerprint density at radius 3 is 0.794 bits per heavy atom. The molecule has 0 N–H and O–H groups in total. The molecule has 10 heteroatoms. The first kappa shape index (κ1) is 29.8. The number of hydrogen-bond donors (Lipinski definition) is 0. The van der Waals surface area contributed by atoms with Crippen molar-refractivity contribution in [3.8, 4) is 0 Å². The predicted molar refractivity (Wildman–Crippen MR) is 149 cm³/mol. The van der Waals surface area contributed by atoms with Crippen molar-refractivity contribution in [1.29, 1.82) is 0 Å². The van der Waals surface area contributed by atoms with Gasteiger partial charge in [0, 0.05) is 0 Å². The molecular formula is C24H44O4P2Se4. The summed E-state index contributed by atoms with van der Waals surface area (Å²) in [6, 6.07) is 0. The zero-order valence-electron chi connectivity index (χ0n) is 20.6. The molecule has 0 bridgehead atoms. The third-order valence-electron chi connectivity index (χ3n) is 7.54. The van der Waals surface area contributed by atoms with Crippen LogP contribution in [0.4, 0.5) is 0 Å². The minimum atomic E-state index is -2.00. The Morgan fingerprint density at radius 2 is 0.588 bits per heavy atom. The molecule has 0 aromatic rings. The first-order valence-electron chi connectivity index (χ1n) is 13.8. The topological polar surface area (TPSA) is 36.9 Å². The Morgan fingerprint density at radius 1 is 0.382 bits per heavy atom. The Bertz CT molecular complexity index is 582. The van der Waals surface area contributed by atoms with E-state index in [-0.39, 0.29) is 25.4 Å². The molecule has 0 radical (unpaired) electrons. The van der Waals surface area contributed by atoms with Gasteiger partial charge in [0.15, 0.2) is 0 Å². The predicted octanol–water partition coefficient (Wildman–Crippen LogP) is 7.40. The summed E-state index contributed by atoms with van der Waals surface area (Å²) in [5.74, 6) is 0. The van der Waals surface area contributed by atoms with Crippen molar-refractivity contribution in [3.63, 3.8) is 0 Å². The van der Waals surface area contributed by atoms with Gasteiger partial charge in [-0.05, 0) is 0 Å². The first-order valence-corrected chi connectivity index (χ1v) is 30.3. The SMILES string of the molecule is [Se]=P(OC1CCCCC1)(OC1CCCCC1)[Se][Se]P(=[Se])(OC1CCCCC1)OC1CCCCC1. The van der Waals surface area contributed by atoms with E-state index in [1.165, 1.54) is 128 Å². The zero-order valence-corrected chi connectivity index (χ0v) is 29.3. The fourth-order valence-electron chi connectivity index (χ4n) is 5.61. The first-order chi connectivity index (χ1) is 16.5. The molecule has 4 saturated carbocycles. The van der Waals surface area contributed by atoms with Crippen LogP contribution in [0.5, 0.6) is 0 Å². The van der Waals surface area contributed by atoms with Crippen molar-refractivity contribution in [3.05, 3.63) is 0 Å². The molecular weight excluding hydrogens is 730 g/mol. The van der Waals surface area contributed by atoms with Crippen molar-refractivity contribution in [2.45, 2.75) is 153 Å². The second kappa shape index (κ2) is 15.5. The van der Waals surface area contributed by atoms with Crippen molar-refractivity contribution >= 4 is 64.9 Å². The fraction of sp³-hybridized carbons (Fsp3) is 1.00. The van der Waals surface area contributed by atoms with E-state index in [1.807, 2.05) is 0 Å². The molecule has 0 atom stereocenters. The van der Waals surface area contributed by atoms with Crippen LogP contribution < -0.4 is 0 Å². The van der Waals surface area contributed by atoms with Gasteiger partial charge in [-0.3, -0.25) is 0 Å². The monoisotopic (exact) mass is 778 g/mol. The third kappa shape index (κ3) is 10.4.